The van der Waals surface area contributed by atoms with Crippen LogP contribution in [-0.4, -0.2) is 22.0 Å². The third kappa shape index (κ3) is 3.95. The van der Waals surface area contributed by atoms with Gasteiger partial charge in [0.15, 0.2) is 0 Å². The molecule has 0 aliphatic heterocycles. The quantitative estimate of drug-likeness (QED) is 0.691. The number of aryl methyl sites for hydroxylation is 1. The van der Waals surface area contributed by atoms with E-state index < -0.39 is 5.91 Å². The number of rotatable bonds is 7. The summed E-state index contributed by atoms with van der Waals surface area (Å²) in [6.45, 7) is 3.29. The largest absolute Gasteiger partial charge is 0.457 e. The minimum atomic E-state index is -0.408. The Balaban J connectivity index is 1.85. The van der Waals surface area contributed by atoms with E-state index in [-0.39, 0.29) is 12.4 Å². The molecule has 0 saturated carbocycles. The van der Waals surface area contributed by atoms with Crippen LogP contribution in [0.1, 0.15) is 12.7 Å². The number of aromatic nitrogens is 2. The van der Waals surface area contributed by atoms with Crippen molar-refractivity contribution in [3.05, 3.63) is 54.1 Å². The maximum absolute atomic E-state index is 13.0. The molecule has 1 heterocycles. The lowest BCUT2D eigenvalue weighted by molar-refractivity contribution is -0.117. The molecule has 0 spiro atoms. The van der Waals surface area contributed by atoms with Crippen molar-refractivity contribution in [2.24, 2.45) is 5.73 Å². The summed E-state index contributed by atoms with van der Waals surface area (Å²) in [6.07, 6.45) is 0. The molecule has 0 radical (unpaired) electrons. The number of hydrogen-bond acceptors (Lipinski definition) is 4. The summed E-state index contributed by atoms with van der Waals surface area (Å²) in [4.78, 5) is 15.4. The second-order valence-corrected chi connectivity index (χ2v) is 5.55. The summed E-state index contributed by atoms with van der Waals surface area (Å²) in [7, 11) is 0. The van der Waals surface area contributed by atoms with E-state index in [2.05, 4.69) is 10.3 Å². The molecule has 3 aromatic rings. The number of benzene rings is 2. The number of halogens is 1. The maximum Gasteiger partial charge on any atom is 0.231 e. The number of nitrogens with zero attached hydrogens (tertiary/aromatic N) is 2. The van der Waals surface area contributed by atoms with E-state index in [0.717, 1.165) is 23.4 Å². The molecule has 0 atom stereocenters. The molecule has 25 heavy (non-hydrogen) atoms. The topological polar surface area (TPSA) is 82.2 Å². The van der Waals surface area contributed by atoms with Gasteiger partial charge in [0.25, 0.3) is 0 Å². The summed E-state index contributed by atoms with van der Waals surface area (Å²) in [5, 5.41) is 2.97. The summed E-state index contributed by atoms with van der Waals surface area (Å²) in [5.41, 5.74) is 6.90. The Labute approximate surface area is 144 Å². The van der Waals surface area contributed by atoms with Crippen molar-refractivity contribution in [3.63, 3.8) is 0 Å². The molecule has 6 nitrogen and oxygen atoms in total. The number of carbonyl (C=O) groups excluding carboxylic acids is 1. The monoisotopic (exact) mass is 342 g/mol. The molecule has 0 bridgehead atoms. The Bertz CT molecular complexity index is 890. The zero-order chi connectivity index (χ0) is 17.8. The van der Waals surface area contributed by atoms with Gasteiger partial charge in [0, 0.05) is 12.6 Å². The van der Waals surface area contributed by atoms with Crippen LogP contribution in [0.15, 0.2) is 42.5 Å². The predicted octanol–water partition coefficient (Wildman–Crippen LogP) is 2.56. The highest BCUT2D eigenvalue weighted by molar-refractivity contribution is 5.78. The number of ether oxygens (including phenoxy) is 1. The third-order valence-corrected chi connectivity index (χ3v) is 3.75. The minimum Gasteiger partial charge on any atom is -0.457 e. The average molecular weight is 342 g/mol. The summed E-state index contributed by atoms with van der Waals surface area (Å²) < 4.78 is 20.8. The van der Waals surface area contributed by atoms with Crippen LogP contribution in [-0.2, 0) is 17.9 Å². The van der Waals surface area contributed by atoms with Gasteiger partial charge in [0.2, 0.25) is 5.91 Å². The van der Waals surface area contributed by atoms with Gasteiger partial charge in [-0.3, -0.25) is 4.79 Å². The van der Waals surface area contributed by atoms with Crippen molar-refractivity contribution in [3.8, 4) is 11.5 Å². The molecule has 0 saturated heterocycles. The van der Waals surface area contributed by atoms with Crippen molar-refractivity contribution in [2.45, 2.75) is 20.0 Å². The summed E-state index contributed by atoms with van der Waals surface area (Å²) in [6, 6.07) is 11.5. The Morgan fingerprint density at radius 2 is 1.96 bits per heavy atom. The fourth-order valence-corrected chi connectivity index (χ4v) is 2.64. The zero-order valence-electron chi connectivity index (χ0n) is 13.8. The number of imidazole rings is 1. The first-order valence-corrected chi connectivity index (χ1v) is 7.98. The van der Waals surface area contributed by atoms with Crippen LogP contribution in [0.5, 0.6) is 11.5 Å². The lowest BCUT2D eigenvalue weighted by Gasteiger charge is -2.08. The summed E-state index contributed by atoms with van der Waals surface area (Å²) >= 11 is 0. The molecule has 7 heteroatoms. The molecule has 1 aromatic heterocycles. The van der Waals surface area contributed by atoms with Crippen LogP contribution in [0, 0.1) is 5.82 Å². The van der Waals surface area contributed by atoms with E-state index in [9.17, 15) is 9.18 Å². The molecular formula is C18H19FN4O2. The Hall–Kier alpha value is -2.93. The minimum absolute atomic E-state index is 0.103. The van der Waals surface area contributed by atoms with E-state index in [0.29, 0.717) is 18.0 Å². The first-order valence-electron chi connectivity index (χ1n) is 7.98. The Morgan fingerprint density at radius 3 is 2.64 bits per heavy atom. The van der Waals surface area contributed by atoms with Crippen LogP contribution in [0.25, 0.3) is 11.0 Å². The van der Waals surface area contributed by atoms with Gasteiger partial charge >= 0.3 is 0 Å². The number of fused-ring (bicyclic) bond motifs is 1. The van der Waals surface area contributed by atoms with Gasteiger partial charge in [-0.1, -0.05) is 0 Å². The van der Waals surface area contributed by atoms with E-state index >= 15 is 0 Å². The smallest absolute Gasteiger partial charge is 0.231 e. The van der Waals surface area contributed by atoms with Gasteiger partial charge in [-0.2, -0.15) is 0 Å². The van der Waals surface area contributed by atoms with E-state index in [1.807, 2.05) is 29.7 Å². The highest BCUT2D eigenvalue weighted by Gasteiger charge is 2.11. The standard InChI is InChI=1S/C18H19FN4O2/c1-2-23-16-9-14(25-13-5-3-12(19)4-6-13)7-8-15(16)22-18(23)11-21-10-17(20)24/h3-9,21H,2,10-11H2,1H3,(H2,20,24). The van der Waals surface area contributed by atoms with Crippen molar-refractivity contribution >= 4 is 16.9 Å². The highest BCUT2D eigenvalue weighted by Crippen LogP contribution is 2.26. The normalized spacial score (nSPS) is 11.0. The molecule has 1 amide bonds. The van der Waals surface area contributed by atoms with Crippen LogP contribution in [0.3, 0.4) is 0 Å². The molecular weight excluding hydrogens is 323 g/mol. The lowest BCUT2D eigenvalue weighted by atomic mass is 10.3. The predicted molar refractivity (Wildman–Crippen MR) is 92.8 cm³/mol. The van der Waals surface area contributed by atoms with Gasteiger partial charge < -0.3 is 20.4 Å². The van der Waals surface area contributed by atoms with Crippen molar-refractivity contribution in [2.75, 3.05) is 6.54 Å². The van der Waals surface area contributed by atoms with E-state index in [4.69, 9.17) is 10.5 Å². The number of hydrogen-bond donors (Lipinski definition) is 2. The number of carbonyl (C=O) groups is 1. The van der Waals surface area contributed by atoms with E-state index in [1.165, 1.54) is 12.1 Å². The Morgan fingerprint density at radius 1 is 1.24 bits per heavy atom. The van der Waals surface area contributed by atoms with Gasteiger partial charge in [0.1, 0.15) is 23.1 Å². The van der Waals surface area contributed by atoms with Crippen LogP contribution < -0.4 is 15.8 Å². The van der Waals surface area contributed by atoms with Crippen molar-refractivity contribution in [1.82, 2.24) is 14.9 Å². The molecule has 0 aliphatic rings. The second kappa shape index (κ2) is 7.31. The fraction of sp³-hybridized carbons (Fsp3) is 0.222. The highest BCUT2D eigenvalue weighted by atomic mass is 19.1. The van der Waals surface area contributed by atoms with Crippen molar-refractivity contribution in [1.29, 1.82) is 0 Å². The fourth-order valence-electron chi connectivity index (χ4n) is 2.64. The number of amides is 1. The van der Waals surface area contributed by atoms with Gasteiger partial charge in [-0.15, -0.1) is 0 Å². The van der Waals surface area contributed by atoms with Crippen LogP contribution in [0.4, 0.5) is 4.39 Å². The molecule has 3 N–H and O–H groups in total. The lowest BCUT2D eigenvalue weighted by Crippen LogP contribution is -2.29. The number of nitrogens with one attached hydrogen (secondary N) is 1. The molecule has 2 aromatic carbocycles. The third-order valence-electron chi connectivity index (χ3n) is 3.75. The zero-order valence-corrected chi connectivity index (χ0v) is 13.8. The first kappa shape index (κ1) is 16.9. The van der Waals surface area contributed by atoms with Crippen molar-refractivity contribution < 1.29 is 13.9 Å². The second-order valence-electron chi connectivity index (χ2n) is 5.55. The molecule has 130 valence electrons. The van der Waals surface area contributed by atoms with Gasteiger partial charge in [-0.05, 0) is 43.3 Å². The molecule has 0 aliphatic carbocycles. The Kier molecular flexibility index (Phi) is 4.95. The SMILES string of the molecule is CCn1c(CNCC(N)=O)nc2ccc(Oc3ccc(F)cc3)cc21. The van der Waals surface area contributed by atoms with Crippen LogP contribution >= 0.6 is 0 Å². The van der Waals surface area contributed by atoms with Gasteiger partial charge in [0.05, 0.1) is 24.1 Å². The summed E-state index contributed by atoms with van der Waals surface area (Å²) in [5.74, 6) is 1.31. The molecule has 0 unspecified atom stereocenters. The maximum atomic E-state index is 13.0. The van der Waals surface area contributed by atoms with Gasteiger partial charge in [-0.25, -0.2) is 9.37 Å². The first-order chi connectivity index (χ1) is 12.1. The average Bonchev–Trinajstić information content (AvgIpc) is 2.93. The molecule has 0 fully saturated rings. The number of primary amides is 1. The number of nitrogens with two attached hydrogens (primary N) is 1. The molecule has 3 rings (SSSR count). The van der Waals surface area contributed by atoms with Crippen LogP contribution in [0.2, 0.25) is 0 Å². The van der Waals surface area contributed by atoms with E-state index in [1.54, 1.807) is 12.1 Å².